The van der Waals surface area contributed by atoms with E-state index in [1.54, 1.807) is 24.4 Å². The van der Waals surface area contributed by atoms with E-state index in [9.17, 15) is 4.79 Å². The molecular formula is C15H15Cl2NO2. The van der Waals surface area contributed by atoms with Crippen LogP contribution in [0.15, 0.2) is 24.4 Å². The van der Waals surface area contributed by atoms with E-state index in [1.165, 1.54) is 6.08 Å². The van der Waals surface area contributed by atoms with Crippen LogP contribution in [0.2, 0.25) is 10.0 Å². The molecule has 0 saturated carbocycles. The van der Waals surface area contributed by atoms with Crippen molar-refractivity contribution in [2.24, 2.45) is 0 Å². The van der Waals surface area contributed by atoms with Crippen LogP contribution in [0.1, 0.15) is 26.3 Å². The highest BCUT2D eigenvalue weighted by Crippen LogP contribution is 2.30. The highest BCUT2D eigenvalue weighted by atomic mass is 35.5. The maximum absolute atomic E-state index is 11.7. The van der Waals surface area contributed by atoms with Crippen molar-refractivity contribution in [2.45, 2.75) is 26.4 Å². The Bertz CT molecular complexity index is 681. The molecule has 0 saturated heterocycles. The van der Waals surface area contributed by atoms with Gasteiger partial charge in [-0.1, -0.05) is 23.2 Å². The smallest absolute Gasteiger partial charge is 0.331 e. The number of H-pyrrole nitrogens is 1. The van der Waals surface area contributed by atoms with E-state index in [0.29, 0.717) is 10.0 Å². The number of halogens is 2. The van der Waals surface area contributed by atoms with Crippen LogP contribution in [-0.2, 0) is 9.53 Å². The fourth-order valence-corrected chi connectivity index (χ4v) is 2.44. The lowest BCUT2D eigenvalue weighted by Gasteiger charge is -2.17. The molecule has 0 spiro atoms. The van der Waals surface area contributed by atoms with E-state index >= 15 is 0 Å². The van der Waals surface area contributed by atoms with Crippen LogP contribution in [-0.4, -0.2) is 16.6 Å². The zero-order valence-corrected chi connectivity index (χ0v) is 13.0. The van der Waals surface area contributed by atoms with Crippen molar-refractivity contribution in [3.8, 4) is 0 Å². The van der Waals surface area contributed by atoms with Gasteiger partial charge in [0.25, 0.3) is 0 Å². The Kier molecular flexibility index (Phi) is 4.11. The van der Waals surface area contributed by atoms with Crippen LogP contribution >= 0.6 is 23.2 Å². The number of hydrogen-bond donors (Lipinski definition) is 1. The van der Waals surface area contributed by atoms with E-state index in [1.807, 2.05) is 20.8 Å². The van der Waals surface area contributed by atoms with Gasteiger partial charge < -0.3 is 9.72 Å². The van der Waals surface area contributed by atoms with Crippen LogP contribution < -0.4 is 0 Å². The standard InChI is InChI=1S/C15H15Cl2NO2/c1-15(2,3)20-13(19)5-4-9-8-18-12-7-10(16)6-11(17)14(9)12/h4-8,18H,1-3H3/b5-4+. The summed E-state index contributed by atoms with van der Waals surface area (Å²) >= 11 is 12.1. The number of esters is 1. The van der Waals surface area contributed by atoms with Gasteiger partial charge in [-0.25, -0.2) is 4.79 Å². The molecule has 2 rings (SSSR count). The van der Waals surface area contributed by atoms with E-state index in [0.717, 1.165) is 16.5 Å². The van der Waals surface area contributed by atoms with Crippen molar-refractivity contribution in [1.29, 1.82) is 0 Å². The number of aromatic nitrogens is 1. The molecule has 1 aromatic carbocycles. The Morgan fingerprint density at radius 1 is 1.30 bits per heavy atom. The van der Waals surface area contributed by atoms with Crippen LogP contribution in [0.5, 0.6) is 0 Å². The molecule has 20 heavy (non-hydrogen) atoms. The molecule has 0 aliphatic rings. The summed E-state index contributed by atoms with van der Waals surface area (Å²) in [5.41, 5.74) is 1.13. The fourth-order valence-electron chi connectivity index (χ4n) is 1.83. The van der Waals surface area contributed by atoms with Crippen molar-refractivity contribution in [3.63, 3.8) is 0 Å². The average molecular weight is 312 g/mol. The number of ether oxygens (including phenoxy) is 1. The molecule has 5 heteroatoms. The lowest BCUT2D eigenvalue weighted by Crippen LogP contribution is -2.22. The summed E-state index contributed by atoms with van der Waals surface area (Å²) in [5, 5.41) is 1.93. The van der Waals surface area contributed by atoms with Gasteiger partial charge in [-0.15, -0.1) is 0 Å². The lowest BCUT2D eigenvalue weighted by atomic mass is 10.1. The zero-order valence-electron chi connectivity index (χ0n) is 11.5. The molecule has 1 N–H and O–H groups in total. The third kappa shape index (κ3) is 3.56. The molecule has 0 amide bonds. The van der Waals surface area contributed by atoms with Crippen molar-refractivity contribution in [1.82, 2.24) is 4.98 Å². The van der Waals surface area contributed by atoms with Gasteiger partial charge in [-0.2, -0.15) is 0 Å². The second kappa shape index (κ2) is 5.51. The Morgan fingerprint density at radius 2 is 2.00 bits per heavy atom. The minimum atomic E-state index is -0.507. The number of nitrogens with one attached hydrogen (secondary N) is 1. The van der Waals surface area contributed by atoms with Crippen LogP contribution in [0.4, 0.5) is 0 Å². The number of fused-ring (bicyclic) bond motifs is 1. The van der Waals surface area contributed by atoms with Crippen molar-refractivity contribution in [3.05, 3.63) is 40.0 Å². The summed E-state index contributed by atoms with van der Waals surface area (Å²) in [6.45, 7) is 5.47. The minimum absolute atomic E-state index is 0.392. The van der Waals surface area contributed by atoms with E-state index < -0.39 is 11.6 Å². The highest BCUT2D eigenvalue weighted by Gasteiger charge is 2.14. The number of hydrogen-bond acceptors (Lipinski definition) is 2. The van der Waals surface area contributed by atoms with Crippen LogP contribution in [0.3, 0.4) is 0 Å². The van der Waals surface area contributed by atoms with Gasteiger partial charge in [0.05, 0.1) is 5.02 Å². The van der Waals surface area contributed by atoms with Gasteiger partial charge in [0.15, 0.2) is 0 Å². The molecule has 3 nitrogen and oxygen atoms in total. The number of carbonyl (C=O) groups is 1. The Hall–Kier alpha value is -1.45. The molecule has 0 aliphatic heterocycles. The molecule has 0 unspecified atom stereocenters. The van der Waals surface area contributed by atoms with Gasteiger partial charge in [0, 0.05) is 33.8 Å². The van der Waals surface area contributed by atoms with Crippen LogP contribution in [0, 0.1) is 0 Å². The van der Waals surface area contributed by atoms with Gasteiger partial charge in [-0.3, -0.25) is 0 Å². The summed E-state index contributed by atoms with van der Waals surface area (Å²) in [6.07, 6.45) is 4.83. The largest absolute Gasteiger partial charge is 0.457 e. The second-order valence-corrected chi connectivity index (χ2v) is 6.26. The SMILES string of the molecule is CC(C)(C)OC(=O)/C=C/c1c[nH]c2cc(Cl)cc(Cl)c12. The maximum Gasteiger partial charge on any atom is 0.331 e. The molecule has 1 aromatic heterocycles. The maximum atomic E-state index is 11.7. The quantitative estimate of drug-likeness (QED) is 0.637. The van der Waals surface area contributed by atoms with Gasteiger partial charge in [0.1, 0.15) is 5.60 Å². The van der Waals surface area contributed by atoms with Crippen molar-refractivity contribution in [2.75, 3.05) is 0 Å². The van der Waals surface area contributed by atoms with Crippen molar-refractivity contribution < 1.29 is 9.53 Å². The predicted octanol–water partition coefficient (Wildman–Crippen LogP) is 4.83. The first-order valence-corrected chi connectivity index (χ1v) is 6.89. The molecule has 106 valence electrons. The third-order valence-corrected chi connectivity index (χ3v) is 3.05. The topological polar surface area (TPSA) is 42.1 Å². The molecule has 0 bridgehead atoms. The molecule has 0 aliphatic carbocycles. The summed E-state index contributed by atoms with van der Waals surface area (Å²) in [7, 11) is 0. The molecule has 1 heterocycles. The normalized spacial score (nSPS) is 12.2. The number of rotatable bonds is 2. The predicted molar refractivity (Wildman–Crippen MR) is 83.2 cm³/mol. The first-order valence-electron chi connectivity index (χ1n) is 6.13. The Balaban J connectivity index is 2.29. The van der Waals surface area contributed by atoms with Crippen LogP contribution in [0.25, 0.3) is 17.0 Å². The van der Waals surface area contributed by atoms with E-state index in [-0.39, 0.29) is 0 Å². The molecule has 0 fully saturated rings. The second-order valence-electron chi connectivity index (χ2n) is 5.42. The van der Waals surface area contributed by atoms with E-state index in [2.05, 4.69) is 4.98 Å². The lowest BCUT2D eigenvalue weighted by molar-refractivity contribution is -0.148. The monoisotopic (exact) mass is 311 g/mol. The van der Waals surface area contributed by atoms with Crippen molar-refractivity contribution >= 4 is 46.2 Å². The van der Waals surface area contributed by atoms with E-state index in [4.69, 9.17) is 27.9 Å². The summed E-state index contributed by atoms with van der Waals surface area (Å²) in [5.74, 6) is -0.392. The highest BCUT2D eigenvalue weighted by molar-refractivity contribution is 6.39. The Labute approximate surface area is 127 Å². The Morgan fingerprint density at radius 3 is 2.65 bits per heavy atom. The molecule has 0 atom stereocenters. The van der Waals surface area contributed by atoms with Gasteiger partial charge >= 0.3 is 5.97 Å². The molecule has 2 aromatic rings. The first-order chi connectivity index (χ1) is 9.26. The summed E-state index contributed by atoms with van der Waals surface area (Å²) < 4.78 is 5.21. The number of aromatic amines is 1. The third-order valence-electron chi connectivity index (χ3n) is 2.53. The molecule has 0 radical (unpaired) electrons. The summed E-state index contributed by atoms with van der Waals surface area (Å²) in [6, 6.07) is 3.46. The average Bonchev–Trinajstić information content (AvgIpc) is 2.67. The van der Waals surface area contributed by atoms with Gasteiger partial charge in [-0.05, 0) is 39.0 Å². The zero-order chi connectivity index (χ0) is 14.9. The molecular weight excluding hydrogens is 297 g/mol. The fraction of sp³-hybridized carbons (Fsp3) is 0.267. The summed E-state index contributed by atoms with van der Waals surface area (Å²) in [4.78, 5) is 14.7. The van der Waals surface area contributed by atoms with Gasteiger partial charge in [0.2, 0.25) is 0 Å². The number of carbonyl (C=O) groups excluding carboxylic acids is 1. The first kappa shape index (κ1) is 14.9. The number of benzene rings is 1. The minimum Gasteiger partial charge on any atom is -0.457 e.